The van der Waals surface area contributed by atoms with E-state index in [1.165, 1.54) is 4.88 Å². The minimum Gasteiger partial charge on any atom is -0.492 e. The van der Waals surface area contributed by atoms with Crippen molar-refractivity contribution in [3.8, 4) is 5.75 Å². The second-order valence-corrected chi connectivity index (χ2v) is 10.1. The number of nitrogens with one attached hydrogen (secondary N) is 1. The van der Waals surface area contributed by atoms with Crippen molar-refractivity contribution in [2.45, 2.75) is 45.4 Å². The van der Waals surface area contributed by atoms with Gasteiger partial charge in [-0.15, -0.1) is 11.3 Å². The Kier molecular flexibility index (Phi) is 8.04. The fourth-order valence-electron chi connectivity index (χ4n) is 4.66. The van der Waals surface area contributed by atoms with Crippen LogP contribution < -0.4 is 10.1 Å². The van der Waals surface area contributed by atoms with Gasteiger partial charge in [-0.2, -0.15) is 0 Å². The molecule has 1 fully saturated rings. The zero-order valence-corrected chi connectivity index (χ0v) is 20.3. The van der Waals surface area contributed by atoms with Gasteiger partial charge in [0.2, 0.25) is 0 Å². The molecule has 2 amide bonds. The molecule has 0 saturated carbocycles. The van der Waals surface area contributed by atoms with E-state index < -0.39 is 0 Å². The maximum absolute atomic E-state index is 13.0. The SMILES string of the molecule is CCc1cc(C(=O)N2CCC3(CCCCOCCNC(=O)c4ccccc4OC3)CC2)cs1. The van der Waals surface area contributed by atoms with E-state index in [4.69, 9.17) is 9.47 Å². The molecular formula is C26H34N2O4S. The Hall–Kier alpha value is -2.38. The van der Waals surface area contributed by atoms with Gasteiger partial charge < -0.3 is 19.7 Å². The number of ether oxygens (including phenoxy) is 2. The minimum atomic E-state index is -0.136. The molecule has 1 N–H and O–H groups in total. The number of benzene rings is 1. The van der Waals surface area contributed by atoms with E-state index in [0.29, 0.717) is 37.7 Å². The number of amides is 2. The topological polar surface area (TPSA) is 67.9 Å². The van der Waals surface area contributed by atoms with E-state index in [0.717, 1.165) is 57.2 Å². The third-order valence-electron chi connectivity index (χ3n) is 6.80. The Morgan fingerprint density at radius 1 is 1.15 bits per heavy atom. The maximum atomic E-state index is 13.0. The molecule has 33 heavy (non-hydrogen) atoms. The fourth-order valence-corrected chi connectivity index (χ4v) is 5.47. The molecule has 1 aromatic heterocycles. The number of rotatable bonds is 2. The van der Waals surface area contributed by atoms with Crippen molar-refractivity contribution in [1.29, 1.82) is 0 Å². The molecule has 0 radical (unpaired) electrons. The number of para-hydroxylation sites is 1. The van der Waals surface area contributed by atoms with Crippen LogP contribution in [0.1, 0.15) is 64.6 Å². The first-order chi connectivity index (χ1) is 16.1. The maximum Gasteiger partial charge on any atom is 0.255 e. The average Bonchev–Trinajstić information content (AvgIpc) is 3.33. The van der Waals surface area contributed by atoms with Crippen molar-refractivity contribution in [3.63, 3.8) is 0 Å². The molecule has 2 aromatic rings. The lowest BCUT2D eigenvalue weighted by Gasteiger charge is -2.42. The summed E-state index contributed by atoms with van der Waals surface area (Å²) < 4.78 is 12.0. The lowest BCUT2D eigenvalue weighted by atomic mass is 9.75. The largest absolute Gasteiger partial charge is 0.492 e. The standard InChI is InChI=1S/C26H34N2O4S/c1-2-21-17-20(18-33-21)25(30)28-13-10-26(11-14-28)9-5-6-15-31-16-12-27-24(29)22-7-3-4-8-23(22)32-19-26/h3-4,7-8,17-18H,2,5-6,9-16,19H2,1H3,(H,27,29). The third-order valence-corrected chi connectivity index (χ3v) is 7.88. The van der Waals surface area contributed by atoms with Crippen molar-refractivity contribution in [1.82, 2.24) is 10.2 Å². The highest BCUT2D eigenvalue weighted by Gasteiger charge is 2.37. The second-order valence-electron chi connectivity index (χ2n) is 9.06. The molecule has 6 nitrogen and oxygen atoms in total. The highest BCUT2D eigenvalue weighted by atomic mass is 32.1. The Bertz CT molecular complexity index is 949. The summed E-state index contributed by atoms with van der Waals surface area (Å²) in [5.41, 5.74) is 1.36. The van der Waals surface area contributed by atoms with Gasteiger partial charge in [0, 0.05) is 41.9 Å². The number of likely N-dealkylation sites (tertiary alicyclic amines) is 1. The molecule has 0 bridgehead atoms. The molecule has 1 spiro atoms. The normalized spacial score (nSPS) is 19.8. The number of piperidine rings is 1. The molecule has 2 aliphatic rings. The number of nitrogens with zero attached hydrogens (tertiary/aromatic N) is 1. The summed E-state index contributed by atoms with van der Waals surface area (Å²) in [6.07, 6.45) is 5.85. The molecular weight excluding hydrogens is 436 g/mol. The van der Waals surface area contributed by atoms with E-state index in [9.17, 15) is 9.59 Å². The van der Waals surface area contributed by atoms with Crippen LogP contribution >= 0.6 is 11.3 Å². The average molecular weight is 471 g/mol. The highest BCUT2D eigenvalue weighted by Crippen LogP contribution is 2.38. The van der Waals surface area contributed by atoms with Crippen molar-refractivity contribution in [3.05, 3.63) is 51.7 Å². The predicted molar refractivity (Wildman–Crippen MR) is 130 cm³/mol. The van der Waals surface area contributed by atoms with Crippen molar-refractivity contribution in [2.75, 3.05) is 39.5 Å². The Morgan fingerprint density at radius 2 is 1.97 bits per heavy atom. The van der Waals surface area contributed by atoms with Crippen LogP contribution in [-0.2, 0) is 11.2 Å². The lowest BCUT2D eigenvalue weighted by molar-refractivity contribution is 0.0341. The second kappa shape index (κ2) is 11.2. The molecule has 2 aliphatic heterocycles. The van der Waals surface area contributed by atoms with E-state index >= 15 is 0 Å². The minimum absolute atomic E-state index is 0.00624. The van der Waals surface area contributed by atoms with E-state index in [1.807, 2.05) is 34.5 Å². The van der Waals surface area contributed by atoms with Crippen LogP contribution in [0.2, 0.25) is 0 Å². The van der Waals surface area contributed by atoms with Crippen LogP contribution in [0.3, 0.4) is 0 Å². The van der Waals surface area contributed by atoms with Gasteiger partial charge in [0.1, 0.15) is 5.75 Å². The van der Waals surface area contributed by atoms with Gasteiger partial charge in [0.15, 0.2) is 0 Å². The molecule has 3 heterocycles. The van der Waals surface area contributed by atoms with Crippen molar-refractivity contribution < 1.29 is 19.1 Å². The van der Waals surface area contributed by atoms with Crippen molar-refractivity contribution in [2.24, 2.45) is 5.41 Å². The third kappa shape index (κ3) is 5.95. The summed E-state index contributed by atoms with van der Waals surface area (Å²) in [6, 6.07) is 9.46. The number of hydrogen-bond donors (Lipinski definition) is 1. The Balaban J connectivity index is 1.46. The Morgan fingerprint density at radius 3 is 2.76 bits per heavy atom. The molecule has 0 aliphatic carbocycles. The summed E-state index contributed by atoms with van der Waals surface area (Å²) in [5.74, 6) is 0.622. The summed E-state index contributed by atoms with van der Waals surface area (Å²) in [4.78, 5) is 28.9. The van der Waals surface area contributed by atoms with Crippen LogP contribution in [0.5, 0.6) is 5.75 Å². The van der Waals surface area contributed by atoms with Gasteiger partial charge in [-0.05, 0) is 50.3 Å². The molecule has 1 aromatic carbocycles. The van der Waals surface area contributed by atoms with Crippen LogP contribution in [0.15, 0.2) is 35.7 Å². The molecule has 4 rings (SSSR count). The van der Waals surface area contributed by atoms with Gasteiger partial charge >= 0.3 is 0 Å². The first-order valence-corrected chi connectivity index (χ1v) is 12.9. The zero-order chi connectivity index (χ0) is 23.1. The number of aryl methyl sites for hydroxylation is 1. The van der Waals surface area contributed by atoms with Crippen LogP contribution in [0.25, 0.3) is 0 Å². The molecule has 0 unspecified atom stereocenters. The van der Waals surface area contributed by atoms with E-state index in [-0.39, 0.29) is 17.2 Å². The highest BCUT2D eigenvalue weighted by molar-refractivity contribution is 7.10. The lowest BCUT2D eigenvalue weighted by Crippen LogP contribution is -2.45. The van der Waals surface area contributed by atoms with E-state index in [1.54, 1.807) is 17.4 Å². The predicted octanol–water partition coefficient (Wildman–Crippen LogP) is 4.54. The number of fused-ring (bicyclic) bond motifs is 1. The van der Waals surface area contributed by atoms with Gasteiger partial charge in [0.25, 0.3) is 11.8 Å². The van der Waals surface area contributed by atoms with Crippen LogP contribution in [0.4, 0.5) is 0 Å². The molecule has 0 atom stereocenters. The Labute approximate surface area is 200 Å². The van der Waals surface area contributed by atoms with Gasteiger partial charge in [-0.25, -0.2) is 0 Å². The fraction of sp³-hybridized carbons (Fsp3) is 0.538. The van der Waals surface area contributed by atoms with Gasteiger partial charge in [-0.1, -0.05) is 25.5 Å². The number of thiophene rings is 1. The molecule has 7 heteroatoms. The van der Waals surface area contributed by atoms with Crippen LogP contribution in [-0.4, -0.2) is 56.2 Å². The van der Waals surface area contributed by atoms with E-state index in [2.05, 4.69) is 12.2 Å². The summed E-state index contributed by atoms with van der Waals surface area (Å²) in [5, 5.41) is 4.90. The quantitative estimate of drug-likeness (QED) is 0.700. The summed E-state index contributed by atoms with van der Waals surface area (Å²) in [6.45, 7) is 5.84. The van der Waals surface area contributed by atoms with Gasteiger partial charge in [-0.3, -0.25) is 9.59 Å². The summed E-state index contributed by atoms with van der Waals surface area (Å²) >= 11 is 1.66. The number of hydrogen-bond acceptors (Lipinski definition) is 5. The molecule has 178 valence electrons. The first-order valence-electron chi connectivity index (χ1n) is 12.0. The first kappa shape index (κ1) is 23.8. The summed E-state index contributed by atoms with van der Waals surface area (Å²) in [7, 11) is 0. The van der Waals surface area contributed by atoms with Crippen LogP contribution in [0, 0.1) is 5.41 Å². The number of carbonyl (C=O) groups excluding carboxylic acids is 2. The zero-order valence-electron chi connectivity index (χ0n) is 19.4. The number of carbonyl (C=O) groups is 2. The smallest absolute Gasteiger partial charge is 0.255 e. The van der Waals surface area contributed by atoms with Crippen molar-refractivity contribution >= 4 is 23.2 Å². The van der Waals surface area contributed by atoms with Gasteiger partial charge in [0.05, 0.1) is 24.3 Å². The molecule has 1 saturated heterocycles. The monoisotopic (exact) mass is 470 g/mol.